The van der Waals surface area contributed by atoms with Gasteiger partial charge >= 0.3 is 5.97 Å². The molecule has 1 fully saturated rings. The van der Waals surface area contributed by atoms with E-state index in [0.29, 0.717) is 37.1 Å². The quantitative estimate of drug-likeness (QED) is 0.794. The SMILES string of the molecule is CCC1(CC)CN(c2c(F)cc3c(=O)c(C(=O)O)cn4c3c2CC[C@@H]4C)CCC1O. The summed E-state index contributed by atoms with van der Waals surface area (Å²) in [5.41, 5.74) is 0.663. The Morgan fingerprint density at radius 2 is 2.00 bits per heavy atom. The zero-order valence-corrected chi connectivity index (χ0v) is 17.7. The summed E-state index contributed by atoms with van der Waals surface area (Å²) in [4.78, 5) is 26.4. The van der Waals surface area contributed by atoms with Gasteiger partial charge in [0.2, 0.25) is 5.43 Å². The molecule has 2 atom stereocenters. The summed E-state index contributed by atoms with van der Waals surface area (Å²) in [5.74, 6) is -1.79. The van der Waals surface area contributed by atoms with Crippen molar-refractivity contribution in [1.29, 1.82) is 0 Å². The zero-order chi connectivity index (χ0) is 21.8. The standard InChI is InChI=1S/C23H29FN2O4/c1-4-23(5-2)12-25(9-8-18(23)27)20-14-7-6-13(3)26-11-16(22(29)30)21(28)15(19(14)26)10-17(20)24/h10-11,13,18,27H,4-9,12H2,1-3H3,(H,29,30)/t13-,18?/m0/s1. The van der Waals surface area contributed by atoms with Crippen LogP contribution < -0.4 is 10.3 Å². The van der Waals surface area contributed by atoms with Crippen LogP contribution in [0.5, 0.6) is 0 Å². The zero-order valence-electron chi connectivity index (χ0n) is 17.7. The minimum Gasteiger partial charge on any atom is -0.477 e. The molecule has 162 valence electrons. The molecule has 1 unspecified atom stereocenters. The van der Waals surface area contributed by atoms with Gasteiger partial charge in [0.1, 0.15) is 11.4 Å². The number of aryl methyl sites for hydroxylation is 1. The summed E-state index contributed by atoms with van der Waals surface area (Å²) in [6.07, 6.45) is 4.53. The average molecular weight is 416 g/mol. The first-order valence-corrected chi connectivity index (χ1v) is 10.8. The Bertz CT molecular complexity index is 1070. The van der Waals surface area contributed by atoms with Gasteiger partial charge in [0.05, 0.1) is 17.3 Å². The number of pyridine rings is 1. The molecule has 0 spiro atoms. The highest BCUT2D eigenvalue weighted by Crippen LogP contribution is 2.43. The number of carbonyl (C=O) groups is 1. The van der Waals surface area contributed by atoms with E-state index in [4.69, 9.17) is 0 Å². The number of carboxylic acids is 1. The average Bonchev–Trinajstić information content (AvgIpc) is 2.72. The van der Waals surface area contributed by atoms with Gasteiger partial charge in [-0.05, 0) is 45.1 Å². The Labute approximate surface area is 174 Å². The predicted octanol–water partition coefficient (Wildman–Crippen LogP) is 3.72. The predicted molar refractivity (Wildman–Crippen MR) is 114 cm³/mol. The molecule has 30 heavy (non-hydrogen) atoms. The van der Waals surface area contributed by atoms with Crippen LogP contribution in [0.25, 0.3) is 10.9 Å². The number of aromatic nitrogens is 1. The molecule has 7 heteroatoms. The molecule has 2 N–H and O–H groups in total. The molecule has 1 aromatic carbocycles. The third kappa shape index (κ3) is 2.94. The van der Waals surface area contributed by atoms with E-state index in [1.54, 1.807) is 0 Å². The maximum atomic E-state index is 15.5. The van der Waals surface area contributed by atoms with Gasteiger partial charge in [-0.3, -0.25) is 4.79 Å². The van der Waals surface area contributed by atoms with Crippen LogP contribution in [0.15, 0.2) is 17.1 Å². The molecule has 0 bridgehead atoms. The lowest BCUT2D eigenvalue weighted by Crippen LogP contribution is -2.52. The van der Waals surface area contributed by atoms with Crippen molar-refractivity contribution in [2.75, 3.05) is 18.0 Å². The fraction of sp³-hybridized carbons (Fsp3) is 0.565. The molecule has 4 rings (SSSR count). The van der Waals surface area contributed by atoms with Crippen molar-refractivity contribution >= 4 is 22.6 Å². The highest BCUT2D eigenvalue weighted by Gasteiger charge is 2.41. The number of nitrogens with zero attached hydrogens (tertiary/aromatic N) is 2. The van der Waals surface area contributed by atoms with Gasteiger partial charge in [0.25, 0.3) is 0 Å². The number of hydrogen-bond acceptors (Lipinski definition) is 4. The van der Waals surface area contributed by atoms with Crippen molar-refractivity contribution in [3.63, 3.8) is 0 Å². The molecule has 2 aliphatic rings. The van der Waals surface area contributed by atoms with E-state index in [9.17, 15) is 19.8 Å². The smallest absolute Gasteiger partial charge is 0.341 e. The lowest BCUT2D eigenvalue weighted by molar-refractivity contribution is 0.00239. The van der Waals surface area contributed by atoms with Crippen LogP contribution in [0.4, 0.5) is 10.1 Å². The molecule has 6 nitrogen and oxygen atoms in total. The molecular weight excluding hydrogens is 387 g/mol. The molecule has 1 saturated heterocycles. The number of aliphatic hydroxyl groups excluding tert-OH is 1. The van der Waals surface area contributed by atoms with E-state index >= 15 is 4.39 Å². The number of halogens is 1. The van der Waals surface area contributed by atoms with Gasteiger partial charge in [0, 0.05) is 41.7 Å². The first-order chi connectivity index (χ1) is 14.2. The number of rotatable bonds is 4. The van der Waals surface area contributed by atoms with Crippen LogP contribution in [0.3, 0.4) is 0 Å². The molecule has 3 heterocycles. The van der Waals surface area contributed by atoms with E-state index in [2.05, 4.69) is 13.8 Å². The Hall–Kier alpha value is -2.41. The maximum Gasteiger partial charge on any atom is 0.341 e. The maximum absolute atomic E-state index is 15.5. The summed E-state index contributed by atoms with van der Waals surface area (Å²) in [5, 5.41) is 20.2. The van der Waals surface area contributed by atoms with E-state index in [-0.39, 0.29) is 22.4 Å². The molecule has 0 radical (unpaired) electrons. The van der Waals surface area contributed by atoms with Crippen molar-refractivity contribution in [2.24, 2.45) is 5.41 Å². The van der Waals surface area contributed by atoms with E-state index in [1.807, 2.05) is 16.4 Å². The van der Waals surface area contributed by atoms with Gasteiger partial charge in [-0.25, -0.2) is 9.18 Å². The minimum atomic E-state index is -1.30. The monoisotopic (exact) mass is 416 g/mol. The summed E-state index contributed by atoms with van der Waals surface area (Å²) in [6.45, 7) is 7.21. The lowest BCUT2D eigenvalue weighted by atomic mass is 9.73. The highest BCUT2D eigenvalue weighted by molar-refractivity contribution is 5.95. The summed E-state index contributed by atoms with van der Waals surface area (Å²) >= 11 is 0. The van der Waals surface area contributed by atoms with Gasteiger partial charge in [-0.1, -0.05) is 13.8 Å². The first kappa shape index (κ1) is 20.8. The van der Waals surface area contributed by atoms with Crippen molar-refractivity contribution < 1.29 is 19.4 Å². The van der Waals surface area contributed by atoms with Crippen LogP contribution in [0.2, 0.25) is 0 Å². The summed E-state index contributed by atoms with van der Waals surface area (Å²) in [7, 11) is 0. The number of hydrogen-bond donors (Lipinski definition) is 2. The van der Waals surface area contributed by atoms with Gasteiger partial charge in [-0.15, -0.1) is 0 Å². The minimum absolute atomic E-state index is 0.0190. The molecule has 1 aromatic heterocycles. The molecule has 0 saturated carbocycles. The van der Waals surface area contributed by atoms with E-state index in [0.717, 1.165) is 24.8 Å². The summed E-state index contributed by atoms with van der Waals surface area (Å²) < 4.78 is 17.3. The highest BCUT2D eigenvalue weighted by atomic mass is 19.1. The Balaban J connectivity index is 1.96. The second kappa shape index (κ2) is 7.38. The molecule has 0 amide bonds. The topological polar surface area (TPSA) is 82.8 Å². The van der Waals surface area contributed by atoms with E-state index in [1.165, 1.54) is 12.3 Å². The Morgan fingerprint density at radius 1 is 1.30 bits per heavy atom. The number of anilines is 1. The summed E-state index contributed by atoms with van der Waals surface area (Å²) in [6, 6.07) is 1.23. The van der Waals surface area contributed by atoms with Crippen LogP contribution >= 0.6 is 0 Å². The molecule has 2 aliphatic heterocycles. The third-order valence-electron chi connectivity index (χ3n) is 7.47. The van der Waals surface area contributed by atoms with Gasteiger partial charge in [-0.2, -0.15) is 0 Å². The fourth-order valence-corrected chi connectivity index (χ4v) is 5.41. The number of aromatic carboxylic acids is 1. The second-order valence-corrected chi connectivity index (χ2v) is 8.85. The Morgan fingerprint density at radius 3 is 2.63 bits per heavy atom. The van der Waals surface area contributed by atoms with Crippen molar-refractivity contribution in [3.05, 3.63) is 39.4 Å². The number of aliphatic hydroxyl groups is 1. The van der Waals surface area contributed by atoms with Crippen LogP contribution in [-0.2, 0) is 6.42 Å². The molecule has 2 aromatic rings. The van der Waals surface area contributed by atoms with Gasteiger partial charge < -0.3 is 19.7 Å². The Kier molecular flexibility index (Phi) is 5.12. The van der Waals surface area contributed by atoms with Crippen LogP contribution in [0.1, 0.15) is 68.4 Å². The number of carboxylic acid groups (broad SMARTS) is 1. The first-order valence-electron chi connectivity index (χ1n) is 10.8. The van der Waals surface area contributed by atoms with E-state index < -0.39 is 23.3 Å². The van der Waals surface area contributed by atoms with Crippen LogP contribution in [-0.4, -0.2) is 39.9 Å². The lowest BCUT2D eigenvalue weighted by Gasteiger charge is -2.47. The van der Waals surface area contributed by atoms with Gasteiger partial charge in [0.15, 0.2) is 0 Å². The number of piperidine rings is 1. The third-order valence-corrected chi connectivity index (χ3v) is 7.47. The fourth-order valence-electron chi connectivity index (χ4n) is 5.41. The molecular formula is C23H29FN2O4. The van der Waals surface area contributed by atoms with Crippen molar-refractivity contribution in [3.8, 4) is 0 Å². The largest absolute Gasteiger partial charge is 0.477 e. The van der Waals surface area contributed by atoms with Crippen LogP contribution in [0, 0.1) is 11.2 Å². The van der Waals surface area contributed by atoms with Crippen molar-refractivity contribution in [1.82, 2.24) is 4.57 Å². The number of benzene rings is 1. The van der Waals surface area contributed by atoms with Crippen molar-refractivity contribution in [2.45, 2.75) is 65.0 Å². The second-order valence-electron chi connectivity index (χ2n) is 8.85. The normalized spacial score (nSPS) is 23.0. The molecule has 0 aliphatic carbocycles.